The minimum Gasteiger partial charge on any atom is -0.491 e. The Kier molecular flexibility index (Phi) is 3.43. The fourth-order valence-corrected chi connectivity index (χ4v) is 2.34. The van der Waals surface area contributed by atoms with E-state index >= 15 is 0 Å². The Morgan fingerprint density at radius 3 is 3.10 bits per heavy atom. The van der Waals surface area contributed by atoms with Gasteiger partial charge in [0.05, 0.1) is 13.2 Å². The molecule has 20 heavy (non-hydrogen) atoms. The van der Waals surface area contributed by atoms with Crippen molar-refractivity contribution in [2.24, 2.45) is 0 Å². The maximum absolute atomic E-state index is 11.4. The van der Waals surface area contributed by atoms with Crippen molar-refractivity contribution < 1.29 is 14.3 Å². The number of para-hydroxylation sites is 1. The number of aromatic amines is 1. The van der Waals surface area contributed by atoms with Gasteiger partial charge >= 0.3 is 5.97 Å². The third kappa shape index (κ3) is 2.40. The fourth-order valence-electron chi connectivity index (χ4n) is 2.34. The fraction of sp³-hybridized carbons (Fsp3) is 0.267. The molecule has 5 heteroatoms. The smallest absolute Gasteiger partial charge is 0.354 e. The summed E-state index contributed by atoms with van der Waals surface area (Å²) in [6.45, 7) is 1.27. The Morgan fingerprint density at radius 1 is 1.40 bits per heavy atom. The molecule has 1 aliphatic rings. The van der Waals surface area contributed by atoms with Gasteiger partial charge in [0.25, 0.3) is 0 Å². The number of ether oxygens (including phenoxy) is 2. The van der Waals surface area contributed by atoms with E-state index in [1.165, 1.54) is 12.7 Å². The molecule has 1 aromatic carbocycles. The Morgan fingerprint density at radius 2 is 2.25 bits per heavy atom. The first-order valence-electron chi connectivity index (χ1n) is 6.49. The van der Waals surface area contributed by atoms with E-state index in [2.05, 4.69) is 21.1 Å². The van der Waals surface area contributed by atoms with Crippen LogP contribution in [0.5, 0.6) is 5.75 Å². The van der Waals surface area contributed by atoms with Crippen LogP contribution in [0.25, 0.3) is 0 Å². The van der Waals surface area contributed by atoms with Crippen LogP contribution in [0.2, 0.25) is 0 Å². The van der Waals surface area contributed by atoms with Gasteiger partial charge in [0.1, 0.15) is 18.1 Å². The summed E-state index contributed by atoms with van der Waals surface area (Å²) in [4.78, 5) is 14.4. The van der Waals surface area contributed by atoms with Gasteiger partial charge in [-0.05, 0) is 18.2 Å². The van der Waals surface area contributed by atoms with Crippen molar-refractivity contribution in [3.63, 3.8) is 0 Å². The zero-order valence-electron chi connectivity index (χ0n) is 11.2. The van der Waals surface area contributed by atoms with Gasteiger partial charge in [0, 0.05) is 17.8 Å². The average Bonchev–Trinajstić information content (AvgIpc) is 3.11. The minimum atomic E-state index is -0.356. The van der Waals surface area contributed by atoms with E-state index in [1.54, 1.807) is 6.07 Å². The van der Waals surface area contributed by atoms with Crippen LogP contribution in [0.1, 0.15) is 27.8 Å². The Labute approximate surface area is 116 Å². The summed E-state index contributed by atoms with van der Waals surface area (Å²) in [6.07, 6.45) is 0. The maximum atomic E-state index is 11.4. The molecule has 0 fully saturated rings. The molecule has 0 bridgehead atoms. The van der Waals surface area contributed by atoms with Crippen LogP contribution in [0.3, 0.4) is 0 Å². The molecule has 2 heterocycles. The Hall–Kier alpha value is -2.27. The van der Waals surface area contributed by atoms with E-state index in [4.69, 9.17) is 4.74 Å². The molecule has 0 amide bonds. The van der Waals surface area contributed by atoms with Crippen molar-refractivity contribution in [3.05, 3.63) is 53.3 Å². The Bertz CT molecular complexity index is 621. The summed E-state index contributed by atoms with van der Waals surface area (Å²) in [5.74, 6) is 0.581. The summed E-state index contributed by atoms with van der Waals surface area (Å²) in [5, 5.41) is 3.42. The standard InChI is InChI=1S/C15H16N2O3/c1-19-15(18)12-7-6-10(17-12)8-16-13-9-20-14-5-3-2-4-11(13)14/h2-7,13,16-17H,8-9H2,1H3. The number of methoxy groups -OCH3 is 1. The molecule has 2 aromatic rings. The van der Waals surface area contributed by atoms with Crippen molar-refractivity contribution in [1.29, 1.82) is 0 Å². The van der Waals surface area contributed by atoms with Crippen molar-refractivity contribution in [2.75, 3.05) is 13.7 Å². The number of nitrogens with one attached hydrogen (secondary N) is 2. The molecular formula is C15H16N2O3. The average molecular weight is 272 g/mol. The highest BCUT2D eigenvalue weighted by molar-refractivity contribution is 5.87. The van der Waals surface area contributed by atoms with Crippen molar-refractivity contribution in [2.45, 2.75) is 12.6 Å². The third-order valence-electron chi connectivity index (χ3n) is 3.39. The third-order valence-corrected chi connectivity index (χ3v) is 3.39. The predicted octanol–water partition coefficient (Wildman–Crippen LogP) is 2.02. The lowest BCUT2D eigenvalue weighted by Crippen LogP contribution is -2.22. The lowest BCUT2D eigenvalue weighted by atomic mass is 10.1. The zero-order chi connectivity index (χ0) is 13.9. The van der Waals surface area contributed by atoms with Gasteiger partial charge in [-0.3, -0.25) is 0 Å². The summed E-state index contributed by atoms with van der Waals surface area (Å²) >= 11 is 0. The van der Waals surface area contributed by atoms with E-state index in [9.17, 15) is 4.79 Å². The number of fused-ring (bicyclic) bond motifs is 1. The maximum Gasteiger partial charge on any atom is 0.354 e. The highest BCUT2D eigenvalue weighted by Crippen LogP contribution is 2.31. The van der Waals surface area contributed by atoms with Gasteiger partial charge in [-0.25, -0.2) is 4.79 Å². The van der Waals surface area contributed by atoms with Gasteiger partial charge in [0.2, 0.25) is 0 Å². The minimum absolute atomic E-state index is 0.177. The normalized spacial score (nSPS) is 16.6. The number of esters is 1. The molecule has 0 aliphatic carbocycles. The first-order valence-corrected chi connectivity index (χ1v) is 6.49. The molecule has 1 aromatic heterocycles. The van der Waals surface area contributed by atoms with Crippen molar-refractivity contribution >= 4 is 5.97 Å². The highest BCUT2D eigenvalue weighted by Gasteiger charge is 2.22. The number of aromatic nitrogens is 1. The Balaban J connectivity index is 1.63. The van der Waals surface area contributed by atoms with Crippen molar-refractivity contribution in [1.82, 2.24) is 10.3 Å². The van der Waals surface area contributed by atoms with E-state index in [1.807, 2.05) is 24.3 Å². The molecule has 2 N–H and O–H groups in total. The number of hydrogen-bond acceptors (Lipinski definition) is 4. The van der Waals surface area contributed by atoms with Crippen LogP contribution in [-0.4, -0.2) is 24.7 Å². The second-order valence-corrected chi connectivity index (χ2v) is 4.67. The van der Waals surface area contributed by atoms with E-state index in [-0.39, 0.29) is 12.0 Å². The van der Waals surface area contributed by atoms with Gasteiger partial charge in [-0.15, -0.1) is 0 Å². The largest absolute Gasteiger partial charge is 0.491 e. The first kappa shape index (κ1) is 12.7. The summed E-state index contributed by atoms with van der Waals surface area (Å²) < 4.78 is 10.3. The quantitative estimate of drug-likeness (QED) is 0.836. The topological polar surface area (TPSA) is 63.4 Å². The van der Waals surface area contributed by atoms with Crippen LogP contribution in [0, 0.1) is 0 Å². The number of carbonyl (C=O) groups excluding carboxylic acids is 1. The molecule has 1 atom stereocenters. The van der Waals surface area contributed by atoms with Gasteiger partial charge in [0.15, 0.2) is 0 Å². The number of hydrogen-bond donors (Lipinski definition) is 2. The first-order chi connectivity index (χ1) is 9.78. The molecular weight excluding hydrogens is 256 g/mol. The van der Waals surface area contributed by atoms with E-state index in [0.29, 0.717) is 18.8 Å². The lowest BCUT2D eigenvalue weighted by Gasteiger charge is -2.10. The van der Waals surface area contributed by atoms with Crippen LogP contribution in [-0.2, 0) is 11.3 Å². The molecule has 104 valence electrons. The number of rotatable bonds is 4. The second-order valence-electron chi connectivity index (χ2n) is 4.67. The van der Waals surface area contributed by atoms with E-state index < -0.39 is 0 Å². The molecule has 0 saturated heterocycles. The molecule has 3 rings (SSSR count). The number of H-pyrrole nitrogens is 1. The highest BCUT2D eigenvalue weighted by atomic mass is 16.5. The summed E-state index contributed by atoms with van der Waals surface area (Å²) in [5.41, 5.74) is 2.58. The van der Waals surface area contributed by atoms with E-state index in [0.717, 1.165) is 11.4 Å². The SMILES string of the molecule is COC(=O)c1ccc(CNC2COc3ccccc32)[nH]1. The molecule has 1 unspecified atom stereocenters. The van der Waals surface area contributed by atoms with Crippen molar-refractivity contribution in [3.8, 4) is 5.75 Å². The number of carbonyl (C=O) groups is 1. The molecule has 0 saturated carbocycles. The molecule has 5 nitrogen and oxygen atoms in total. The van der Waals surface area contributed by atoms with Crippen LogP contribution >= 0.6 is 0 Å². The lowest BCUT2D eigenvalue weighted by molar-refractivity contribution is 0.0594. The van der Waals surface area contributed by atoms with Crippen LogP contribution in [0.15, 0.2) is 36.4 Å². The van der Waals surface area contributed by atoms with Crippen LogP contribution < -0.4 is 10.1 Å². The van der Waals surface area contributed by atoms with Crippen LogP contribution in [0.4, 0.5) is 0 Å². The van der Waals surface area contributed by atoms with Gasteiger partial charge < -0.3 is 19.8 Å². The predicted molar refractivity (Wildman–Crippen MR) is 73.6 cm³/mol. The van der Waals surface area contributed by atoms with Gasteiger partial charge in [-0.2, -0.15) is 0 Å². The molecule has 1 aliphatic heterocycles. The zero-order valence-corrected chi connectivity index (χ0v) is 11.2. The van der Waals surface area contributed by atoms with Gasteiger partial charge in [-0.1, -0.05) is 18.2 Å². The monoisotopic (exact) mass is 272 g/mol. The number of benzene rings is 1. The summed E-state index contributed by atoms with van der Waals surface area (Å²) in [7, 11) is 1.37. The summed E-state index contributed by atoms with van der Waals surface area (Å²) in [6, 6.07) is 11.8. The molecule has 0 radical (unpaired) electrons. The second kappa shape index (κ2) is 5.38. The molecule has 0 spiro atoms.